The molecule has 44 heavy (non-hydrogen) atoms. The minimum Gasteiger partial charge on any atom is -0.313 e. The molecule has 0 atom stereocenters. The van der Waals surface area contributed by atoms with E-state index in [9.17, 15) is 0 Å². The number of nitrogens with zero attached hydrogens (tertiary/aromatic N) is 1. The topological polar surface area (TPSA) is 4.93 Å². The summed E-state index contributed by atoms with van der Waals surface area (Å²) in [6.45, 7) is 4.47. The van der Waals surface area contributed by atoms with Crippen LogP contribution in [0.5, 0.6) is 0 Å². The molecule has 0 fully saturated rings. The minimum atomic E-state index is -2.93. The molecule has 7 aromatic rings. The van der Waals surface area contributed by atoms with Gasteiger partial charge in [-0.15, -0.1) is 0 Å². The maximum Gasteiger partial charge on any atom is 0.182 e. The number of para-hydroxylation sites is 1. The van der Waals surface area contributed by atoms with E-state index in [1.54, 1.807) is 0 Å². The predicted octanol–water partition coefficient (Wildman–Crippen LogP) is 7.81. The van der Waals surface area contributed by atoms with E-state index in [1.807, 2.05) is 0 Å². The molecule has 0 bridgehead atoms. The lowest BCUT2D eigenvalue weighted by molar-refractivity contribution is 1.03. The second kappa shape index (κ2) is 11.8. The Morgan fingerprint density at radius 3 is 1.27 bits per heavy atom. The van der Waals surface area contributed by atoms with Crippen LogP contribution in [-0.4, -0.2) is 12.6 Å². The fourth-order valence-electron chi connectivity index (χ4n) is 6.90. The lowest BCUT2D eigenvalue weighted by atomic mass is 10.0. The summed E-state index contributed by atoms with van der Waals surface area (Å²) in [5, 5.41) is 5.52. The molecular weight excluding hydrogens is 547 g/mol. The van der Waals surface area contributed by atoms with Crippen molar-refractivity contribution in [1.29, 1.82) is 0 Å². The van der Waals surface area contributed by atoms with Gasteiger partial charge < -0.3 is 4.57 Å². The average molecular weight is 582 g/mol. The lowest BCUT2D eigenvalue weighted by Gasteiger charge is -2.36. The van der Waals surface area contributed by atoms with Crippen LogP contribution in [0.25, 0.3) is 28.1 Å². The molecule has 0 spiro atoms. The van der Waals surface area contributed by atoms with Crippen molar-refractivity contribution in [2.24, 2.45) is 0 Å². The molecule has 0 N–H and O–H groups in total. The maximum absolute atomic E-state index is 2.93. The molecule has 1 heterocycles. The van der Waals surface area contributed by atoms with Gasteiger partial charge in [-0.05, 0) is 57.9 Å². The third-order valence-electron chi connectivity index (χ3n) is 8.80. The fraction of sp³-hybridized carbons (Fsp3) is 0.0476. The van der Waals surface area contributed by atoms with Crippen molar-refractivity contribution in [1.82, 2.24) is 4.57 Å². The van der Waals surface area contributed by atoms with Crippen molar-refractivity contribution < 1.29 is 0 Å². The van der Waals surface area contributed by atoms with E-state index in [-0.39, 0.29) is 0 Å². The summed E-state index contributed by atoms with van der Waals surface area (Å²) in [6, 6.07) is 64.8. The van der Waals surface area contributed by atoms with Gasteiger partial charge in [0.15, 0.2) is 8.07 Å². The van der Waals surface area contributed by atoms with Crippen LogP contribution in [0.3, 0.4) is 0 Å². The van der Waals surface area contributed by atoms with E-state index in [4.69, 9.17) is 0 Å². The molecule has 1 aromatic heterocycles. The van der Waals surface area contributed by atoms with E-state index < -0.39 is 8.07 Å². The van der Waals surface area contributed by atoms with E-state index >= 15 is 0 Å². The molecule has 0 unspecified atom stereocenters. The van der Waals surface area contributed by atoms with Gasteiger partial charge in [-0.2, -0.15) is 0 Å². The van der Waals surface area contributed by atoms with E-state index in [0.29, 0.717) is 0 Å². The molecule has 0 radical (unpaired) electrons. The summed E-state index contributed by atoms with van der Waals surface area (Å²) in [7, 11) is -2.93. The van der Waals surface area contributed by atoms with Gasteiger partial charge in [0.1, 0.15) is 0 Å². The first-order valence-electron chi connectivity index (χ1n) is 15.3. The van der Waals surface area contributed by atoms with Crippen molar-refractivity contribution in [2.75, 3.05) is 0 Å². The van der Waals surface area contributed by atoms with E-state index in [1.165, 1.54) is 60.1 Å². The van der Waals surface area contributed by atoms with Crippen LogP contribution in [0.1, 0.15) is 11.3 Å². The molecule has 0 aliphatic rings. The Balaban J connectivity index is 1.77. The molecule has 0 saturated heterocycles. The van der Waals surface area contributed by atoms with Crippen molar-refractivity contribution in [3.63, 3.8) is 0 Å². The van der Waals surface area contributed by atoms with Crippen molar-refractivity contribution in [2.45, 2.75) is 13.8 Å². The maximum atomic E-state index is 2.51. The van der Waals surface area contributed by atoms with Gasteiger partial charge in [0.25, 0.3) is 0 Å². The number of benzene rings is 6. The zero-order valence-corrected chi connectivity index (χ0v) is 26.2. The van der Waals surface area contributed by atoms with Gasteiger partial charge in [0.2, 0.25) is 0 Å². The highest BCUT2D eigenvalue weighted by molar-refractivity contribution is 7.21. The Morgan fingerprint density at radius 1 is 0.409 bits per heavy atom. The highest BCUT2D eigenvalue weighted by atomic mass is 28.3. The van der Waals surface area contributed by atoms with Gasteiger partial charge in [-0.3, -0.25) is 0 Å². The van der Waals surface area contributed by atoms with Crippen LogP contribution in [0.2, 0.25) is 0 Å². The third-order valence-corrected chi connectivity index (χ3v) is 13.6. The summed E-state index contributed by atoms with van der Waals surface area (Å²) < 4.78 is 2.51. The zero-order chi connectivity index (χ0) is 29.9. The molecule has 0 amide bonds. The molecule has 212 valence electrons. The van der Waals surface area contributed by atoms with Gasteiger partial charge in [0.05, 0.1) is 5.69 Å². The smallest absolute Gasteiger partial charge is 0.182 e. The standard InChI is InChI=1S/C42H35NSi/c1-32-28-30-34(31-29-32)40-33(2)43(36-20-10-4-11-21-36)41(35-18-8-3-9-19-35)42(40)44(37-22-12-5-13-23-37,38-24-14-6-15-25-38)39-26-16-7-17-27-39/h3-31H,1-2H3. The number of rotatable bonds is 7. The van der Waals surface area contributed by atoms with Crippen LogP contribution in [0.15, 0.2) is 176 Å². The monoisotopic (exact) mass is 581 g/mol. The molecule has 1 nitrogen and oxygen atoms in total. The first-order valence-corrected chi connectivity index (χ1v) is 17.3. The molecule has 7 rings (SSSR count). The highest BCUT2D eigenvalue weighted by Gasteiger charge is 2.47. The summed E-state index contributed by atoms with van der Waals surface area (Å²) in [6.07, 6.45) is 0. The predicted molar refractivity (Wildman–Crippen MR) is 190 cm³/mol. The molecule has 0 aliphatic heterocycles. The van der Waals surface area contributed by atoms with Crippen molar-refractivity contribution >= 4 is 28.8 Å². The number of hydrogen-bond donors (Lipinski definition) is 0. The summed E-state index contributed by atoms with van der Waals surface area (Å²) >= 11 is 0. The van der Waals surface area contributed by atoms with Crippen molar-refractivity contribution in [3.05, 3.63) is 187 Å². The SMILES string of the molecule is Cc1ccc(-c2c([Si](c3ccccc3)(c3ccccc3)c3ccccc3)c(-c3ccccc3)n(-c3ccccc3)c2C)cc1. The quantitative estimate of drug-likeness (QED) is 0.134. The van der Waals surface area contributed by atoms with Crippen LogP contribution in [-0.2, 0) is 0 Å². The van der Waals surface area contributed by atoms with Gasteiger partial charge >= 0.3 is 0 Å². The van der Waals surface area contributed by atoms with Crippen molar-refractivity contribution in [3.8, 4) is 28.1 Å². The van der Waals surface area contributed by atoms with Gasteiger partial charge in [-0.25, -0.2) is 0 Å². The summed E-state index contributed by atoms with van der Waals surface area (Å²) in [5.74, 6) is 0. The Kier molecular flexibility index (Phi) is 7.43. The Morgan fingerprint density at radius 2 is 0.818 bits per heavy atom. The number of aryl methyl sites for hydroxylation is 1. The molecule has 0 saturated carbocycles. The number of hydrogen-bond acceptors (Lipinski definition) is 0. The summed E-state index contributed by atoms with van der Waals surface area (Å²) in [5.41, 5.74) is 8.71. The van der Waals surface area contributed by atoms with E-state index in [2.05, 4.69) is 194 Å². The first kappa shape index (κ1) is 27.6. The molecule has 2 heteroatoms. The largest absolute Gasteiger partial charge is 0.313 e. The lowest BCUT2D eigenvalue weighted by Crippen LogP contribution is -2.75. The Labute approximate surface area is 261 Å². The second-order valence-corrected chi connectivity index (χ2v) is 15.2. The molecule has 0 aliphatic carbocycles. The average Bonchev–Trinajstić information content (AvgIpc) is 3.40. The molecular formula is C42H35NSi. The Hall–Kier alpha value is -5.18. The van der Waals surface area contributed by atoms with Gasteiger partial charge in [0, 0.05) is 16.9 Å². The second-order valence-electron chi connectivity index (χ2n) is 11.4. The van der Waals surface area contributed by atoms with Crippen LogP contribution >= 0.6 is 0 Å². The highest BCUT2D eigenvalue weighted by Crippen LogP contribution is 2.36. The molecule has 6 aromatic carbocycles. The first-order chi connectivity index (χ1) is 21.7. The third kappa shape index (κ3) is 4.65. The fourth-order valence-corrected chi connectivity index (χ4v) is 12.2. The zero-order valence-electron chi connectivity index (χ0n) is 25.2. The van der Waals surface area contributed by atoms with Crippen LogP contribution in [0, 0.1) is 13.8 Å². The Bertz CT molecular complexity index is 1880. The van der Waals surface area contributed by atoms with E-state index in [0.717, 1.165) is 0 Å². The van der Waals surface area contributed by atoms with Gasteiger partial charge in [-0.1, -0.05) is 169 Å². The normalized spacial score (nSPS) is 11.4. The summed E-state index contributed by atoms with van der Waals surface area (Å²) in [4.78, 5) is 0. The minimum absolute atomic E-state index is 1.17. The van der Waals surface area contributed by atoms with Crippen LogP contribution < -0.4 is 20.7 Å². The van der Waals surface area contributed by atoms with Crippen LogP contribution in [0.4, 0.5) is 0 Å². The number of aromatic nitrogens is 1.